The Kier molecular flexibility index (Phi) is 5.78. The van der Waals surface area contributed by atoms with Crippen LogP contribution in [0.4, 0.5) is 4.79 Å². The minimum atomic E-state index is -1.10. The standard InChI is InChI=1S/C25H26N2O5S/c28-22(29)21-14-33-15-27(21)23(30)25(11-5-6-12-25)26-24(31)32-13-20-18-9-3-1-7-16(18)17-8-2-4-10-19(17)20/h1-4,7-10,20-21H,5-6,11-15H2,(H,26,31)(H,28,29)/t21-/m0/s1. The number of aliphatic carboxylic acids is 1. The summed E-state index contributed by atoms with van der Waals surface area (Å²) in [6.07, 6.45) is 1.95. The first-order chi connectivity index (χ1) is 16.0. The van der Waals surface area contributed by atoms with Crippen molar-refractivity contribution in [3.8, 4) is 11.1 Å². The molecule has 0 spiro atoms. The van der Waals surface area contributed by atoms with Gasteiger partial charge in [-0.05, 0) is 35.1 Å². The highest BCUT2D eigenvalue weighted by Gasteiger charge is 2.49. The SMILES string of the molecule is O=C(NC1(C(=O)N2CSC[C@H]2C(=O)O)CCCC1)OCC1c2ccccc2-c2ccccc21. The molecule has 33 heavy (non-hydrogen) atoms. The molecule has 1 saturated carbocycles. The predicted octanol–water partition coefficient (Wildman–Crippen LogP) is 3.82. The van der Waals surface area contributed by atoms with Gasteiger partial charge in [0.2, 0.25) is 5.91 Å². The molecule has 2 aromatic carbocycles. The second-order valence-corrected chi connectivity index (χ2v) is 9.87. The number of nitrogens with zero attached hydrogens (tertiary/aromatic N) is 1. The Bertz CT molecular complexity index is 1050. The highest BCUT2D eigenvalue weighted by Crippen LogP contribution is 2.44. The van der Waals surface area contributed by atoms with Gasteiger partial charge in [-0.3, -0.25) is 4.79 Å². The van der Waals surface area contributed by atoms with E-state index in [0.717, 1.165) is 35.1 Å². The fourth-order valence-corrected chi connectivity index (χ4v) is 6.47. The van der Waals surface area contributed by atoms with Gasteiger partial charge in [0.1, 0.15) is 18.2 Å². The van der Waals surface area contributed by atoms with E-state index in [1.165, 1.54) is 16.7 Å². The predicted molar refractivity (Wildman–Crippen MR) is 125 cm³/mol. The minimum Gasteiger partial charge on any atom is -0.480 e. The minimum absolute atomic E-state index is 0.0650. The van der Waals surface area contributed by atoms with Gasteiger partial charge >= 0.3 is 12.1 Å². The largest absolute Gasteiger partial charge is 0.480 e. The van der Waals surface area contributed by atoms with Crippen molar-refractivity contribution in [3.05, 3.63) is 59.7 Å². The molecule has 0 aromatic heterocycles. The second-order valence-electron chi connectivity index (χ2n) is 8.87. The van der Waals surface area contributed by atoms with Crippen molar-refractivity contribution in [2.75, 3.05) is 18.2 Å². The molecule has 1 heterocycles. The average molecular weight is 467 g/mol. The van der Waals surface area contributed by atoms with E-state index in [1.54, 1.807) is 0 Å². The molecule has 7 nitrogen and oxygen atoms in total. The number of thioether (sulfide) groups is 1. The van der Waals surface area contributed by atoms with E-state index in [-0.39, 0.29) is 18.4 Å². The molecule has 2 amide bonds. The molecule has 1 atom stereocenters. The lowest BCUT2D eigenvalue weighted by molar-refractivity contribution is -0.150. The molecule has 2 aromatic rings. The van der Waals surface area contributed by atoms with Crippen LogP contribution in [0, 0.1) is 0 Å². The van der Waals surface area contributed by atoms with Crippen molar-refractivity contribution in [2.24, 2.45) is 0 Å². The van der Waals surface area contributed by atoms with Gasteiger partial charge in [-0.2, -0.15) is 0 Å². The van der Waals surface area contributed by atoms with E-state index >= 15 is 0 Å². The molecule has 2 aliphatic carbocycles. The number of carbonyl (C=O) groups is 3. The molecule has 0 bridgehead atoms. The van der Waals surface area contributed by atoms with Gasteiger partial charge in [0.25, 0.3) is 0 Å². The van der Waals surface area contributed by atoms with E-state index in [0.29, 0.717) is 24.5 Å². The molecule has 172 valence electrons. The number of carbonyl (C=O) groups excluding carboxylic acids is 2. The third kappa shape index (κ3) is 3.86. The molecule has 5 rings (SSSR count). The van der Waals surface area contributed by atoms with Crippen LogP contribution in [0.5, 0.6) is 0 Å². The molecule has 2 fully saturated rings. The van der Waals surface area contributed by atoms with Crippen molar-refractivity contribution in [2.45, 2.75) is 43.2 Å². The van der Waals surface area contributed by atoms with Crippen LogP contribution in [0.1, 0.15) is 42.7 Å². The van der Waals surface area contributed by atoms with Crippen molar-refractivity contribution in [1.82, 2.24) is 10.2 Å². The number of ether oxygens (including phenoxy) is 1. The number of hydrogen-bond acceptors (Lipinski definition) is 5. The van der Waals surface area contributed by atoms with Crippen LogP contribution in [0.2, 0.25) is 0 Å². The maximum atomic E-state index is 13.4. The number of rotatable bonds is 5. The third-order valence-corrected chi connectivity index (χ3v) is 7.99. The van der Waals surface area contributed by atoms with Crippen LogP contribution in [-0.2, 0) is 14.3 Å². The summed E-state index contributed by atoms with van der Waals surface area (Å²) in [5.41, 5.74) is 3.45. The summed E-state index contributed by atoms with van der Waals surface area (Å²) in [4.78, 5) is 39.3. The highest BCUT2D eigenvalue weighted by molar-refractivity contribution is 7.99. The molecular formula is C25H26N2O5S. The monoisotopic (exact) mass is 466 g/mol. The number of carboxylic acid groups (broad SMARTS) is 1. The normalized spacial score (nSPS) is 20.8. The molecule has 1 saturated heterocycles. The van der Waals surface area contributed by atoms with E-state index in [4.69, 9.17) is 4.74 Å². The van der Waals surface area contributed by atoms with Crippen LogP contribution in [-0.4, -0.2) is 57.8 Å². The first-order valence-electron chi connectivity index (χ1n) is 11.2. The van der Waals surface area contributed by atoms with Gasteiger partial charge in [0.05, 0.1) is 5.88 Å². The fraction of sp³-hybridized carbons (Fsp3) is 0.400. The lowest BCUT2D eigenvalue weighted by Crippen LogP contribution is -2.60. The van der Waals surface area contributed by atoms with Gasteiger partial charge < -0.3 is 20.1 Å². The average Bonchev–Trinajstić information content (AvgIpc) is 3.55. The Balaban J connectivity index is 1.30. The van der Waals surface area contributed by atoms with E-state index in [2.05, 4.69) is 29.6 Å². The second kappa shape index (κ2) is 8.74. The van der Waals surface area contributed by atoms with E-state index in [1.807, 2.05) is 24.3 Å². The van der Waals surface area contributed by atoms with E-state index in [9.17, 15) is 19.5 Å². The van der Waals surface area contributed by atoms with Gasteiger partial charge in [-0.15, -0.1) is 11.8 Å². The van der Waals surface area contributed by atoms with Gasteiger partial charge in [0, 0.05) is 11.7 Å². The Hall–Kier alpha value is -3.00. The van der Waals surface area contributed by atoms with Crippen LogP contribution in [0.3, 0.4) is 0 Å². The molecule has 0 unspecified atom stereocenters. The fourth-order valence-electron chi connectivity index (χ4n) is 5.32. The number of benzene rings is 2. The van der Waals surface area contributed by atoms with Gasteiger partial charge in [-0.1, -0.05) is 61.4 Å². The van der Waals surface area contributed by atoms with Crippen LogP contribution in [0.25, 0.3) is 11.1 Å². The quantitative estimate of drug-likeness (QED) is 0.696. The summed E-state index contributed by atoms with van der Waals surface area (Å²) in [6, 6.07) is 15.4. The lowest BCUT2D eigenvalue weighted by atomic mass is 9.95. The highest BCUT2D eigenvalue weighted by atomic mass is 32.2. The molecular weight excluding hydrogens is 440 g/mol. The summed E-state index contributed by atoms with van der Waals surface area (Å²) >= 11 is 1.42. The Morgan fingerprint density at radius 3 is 2.24 bits per heavy atom. The Labute approximate surface area is 196 Å². The Morgan fingerprint density at radius 1 is 1.03 bits per heavy atom. The molecule has 2 N–H and O–H groups in total. The maximum Gasteiger partial charge on any atom is 0.408 e. The summed E-state index contributed by atoms with van der Waals surface area (Å²) in [6.45, 7) is 0.168. The third-order valence-electron chi connectivity index (χ3n) is 6.98. The molecule has 3 aliphatic rings. The number of hydrogen-bond donors (Lipinski definition) is 2. The Morgan fingerprint density at radius 2 is 1.64 bits per heavy atom. The molecule has 0 radical (unpaired) electrons. The van der Waals surface area contributed by atoms with Crippen molar-refractivity contribution in [3.63, 3.8) is 0 Å². The lowest BCUT2D eigenvalue weighted by Gasteiger charge is -2.34. The zero-order valence-electron chi connectivity index (χ0n) is 18.2. The molecule has 8 heteroatoms. The van der Waals surface area contributed by atoms with Crippen molar-refractivity contribution >= 4 is 29.7 Å². The first-order valence-corrected chi connectivity index (χ1v) is 12.4. The first kappa shape index (κ1) is 21.8. The number of carboxylic acids is 1. The summed E-state index contributed by atoms with van der Waals surface area (Å²) < 4.78 is 5.67. The van der Waals surface area contributed by atoms with Crippen LogP contribution in [0.15, 0.2) is 48.5 Å². The molecule has 1 aliphatic heterocycles. The topological polar surface area (TPSA) is 95.9 Å². The maximum absolute atomic E-state index is 13.4. The number of nitrogens with one attached hydrogen (secondary N) is 1. The van der Waals surface area contributed by atoms with Crippen molar-refractivity contribution < 1.29 is 24.2 Å². The van der Waals surface area contributed by atoms with Gasteiger partial charge in [-0.25, -0.2) is 9.59 Å². The number of fused-ring (bicyclic) bond motifs is 3. The number of alkyl carbamates (subject to hydrolysis) is 1. The summed E-state index contributed by atoms with van der Waals surface area (Å²) in [5.74, 6) is -0.704. The van der Waals surface area contributed by atoms with Crippen LogP contribution < -0.4 is 5.32 Å². The number of amides is 2. The van der Waals surface area contributed by atoms with E-state index < -0.39 is 23.6 Å². The zero-order chi connectivity index (χ0) is 23.0. The summed E-state index contributed by atoms with van der Waals surface area (Å²) in [7, 11) is 0. The van der Waals surface area contributed by atoms with Gasteiger partial charge in [0.15, 0.2) is 0 Å². The van der Waals surface area contributed by atoms with Crippen LogP contribution >= 0.6 is 11.8 Å². The smallest absolute Gasteiger partial charge is 0.408 e. The summed E-state index contributed by atoms with van der Waals surface area (Å²) in [5, 5.41) is 12.3. The zero-order valence-corrected chi connectivity index (χ0v) is 19.0. The van der Waals surface area contributed by atoms with Crippen molar-refractivity contribution in [1.29, 1.82) is 0 Å².